The molecule has 0 bridgehead atoms. The van der Waals surface area contributed by atoms with Gasteiger partial charge < -0.3 is 15.5 Å². The monoisotopic (exact) mass is 327 g/mol. The third kappa shape index (κ3) is 4.68. The Kier molecular flexibility index (Phi) is 5.58. The number of hydrogen-bond donors (Lipinski definition) is 2. The second-order valence-electron chi connectivity index (χ2n) is 5.71. The van der Waals surface area contributed by atoms with E-state index < -0.39 is 0 Å². The number of nitrogens with one attached hydrogen (secondary N) is 2. The second-order valence-corrected chi connectivity index (χ2v) is 6.50. The van der Waals surface area contributed by atoms with E-state index in [1.165, 1.54) is 6.42 Å². The molecule has 1 aromatic rings. The van der Waals surface area contributed by atoms with Gasteiger partial charge in [-0.25, -0.2) is 4.98 Å². The zero-order valence-corrected chi connectivity index (χ0v) is 14.3. The maximum atomic E-state index is 6.12. The van der Waals surface area contributed by atoms with E-state index in [9.17, 15) is 0 Å². The summed E-state index contributed by atoms with van der Waals surface area (Å²) in [6.45, 7) is 9.26. The molecule has 2 N–H and O–H groups in total. The van der Waals surface area contributed by atoms with Crippen molar-refractivity contribution in [3.63, 3.8) is 0 Å². The average Bonchev–Trinajstić information content (AvgIpc) is 2.37. The average molecular weight is 328 g/mol. The SMILES string of the molecule is CCNC(=S)Nc1nc(Cl)cc(N2CC(C)CC(C)C2)n1. The molecule has 21 heavy (non-hydrogen) atoms. The molecular formula is C14H22ClN5S. The molecule has 5 nitrogen and oxygen atoms in total. The first-order chi connectivity index (χ1) is 9.97. The van der Waals surface area contributed by atoms with Gasteiger partial charge in [0, 0.05) is 25.7 Å². The number of aromatic nitrogens is 2. The first-order valence-electron chi connectivity index (χ1n) is 7.32. The van der Waals surface area contributed by atoms with Crippen molar-refractivity contribution in [1.29, 1.82) is 0 Å². The minimum Gasteiger partial charge on any atom is -0.363 e. The third-order valence-electron chi connectivity index (χ3n) is 3.44. The zero-order chi connectivity index (χ0) is 15.4. The maximum Gasteiger partial charge on any atom is 0.232 e. The fraction of sp³-hybridized carbons (Fsp3) is 0.643. The van der Waals surface area contributed by atoms with E-state index in [1.807, 2.05) is 13.0 Å². The van der Waals surface area contributed by atoms with Gasteiger partial charge in [0.05, 0.1) is 0 Å². The van der Waals surface area contributed by atoms with Crippen LogP contribution in [0.3, 0.4) is 0 Å². The van der Waals surface area contributed by atoms with E-state index in [0.717, 1.165) is 25.5 Å². The Labute approximate surface area is 136 Å². The lowest BCUT2D eigenvalue weighted by Gasteiger charge is -2.35. The lowest BCUT2D eigenvalue weighted by atomic mass is 9.92. The molecule has 0 saturated carbocycles. The number of piperidine rings is 1. The number of halogens is 1. The Morgan fingerprint density at radius 1 is 1.38 bits per heavy atom. The van der Waals surface area contributed by atoms with Gasteiger partial charge in [0.15, 0.2) is 5.11 Å². The Morgan fingerprint density at radius 2 is 2.05 bits per heavy atom. The number of rotatable bonds is 3. The molecule has 2 rings (SSSR count). The molecule has 7 heteroatoms. The van der Waals surface area contributed by atoms with Crippen LogP contribution in [0.5, 0.6) is 0 Å². The van der Waals surface area contributed by atoms with Crippen molar-refractivity contribution in [2.75, 3.05) is 29.9 Å². The topological polar surface area (TPSA) is 53.1 Å². The fourth-order valence-corrected chi connectivity index (χ4v) is 3.19. The molecule has 2 atom stereocenters. The predicted octanol–water partition coefficient (Wildman–Crippen LogP) is 2.92. The van der Waals surface area contributed by atoms with Crippen LogP contribution >= 0.6 is 23.8 Å². The summed E-state index contributed by atoms with van der Waals surface area (Å²) in [4.78, 5) is 11.0. The van der Waals surface area contributed by atoms with Crippen molar-refractivity contribution in [3.8, 4) is 0 Å². The van der Waals surface area contributed by atoms with Gasteiger partial charge in [-0.1, -0.05) is 25.4 Å². The van der Waals surface area contributed by atoms with Gasteiger partial charge >= 0.3 is 0 Å². The highest BCUT2D eigenvalue weighted by atomic mass is 35.5. The largest absolute Gasteiger partial charge is 0.363 e. The number of hydrogen-bond acceptors (Lipinski definition) is 4. The second kappa shape index (κ2) is 7.22. The molecule has 1 aliphatic heterocycles. The summed E-state index contributed by atoms with van der Waals surface area (Å²) in [6, 6.07) is 1.81. The van der Waals surface area contributed by atoms with Gasteiger partial charge in [-0.05, 0) is 37.4 Å². The molecular weight excluding hydrogens is 306 g/mol. The standard InChI is InChI=1S/C14H22ClN5S/c1-4-16-14(21)19-13-17-11(15)6-12(18-13)20-7-9(2)5-10(3)8-20/h6,9-10H,4-5,7-8H2,1-3H3,(H2,16,17,18,19,21). The summed E-state index contributed by atoms with van der Waals surface area (Å²) in [5.41, 5.74) is 0. The first kappa shape index (κ1) is 16.2. The van der Waals surface area contributed by atoms with Crippen LogP contribution in [0.15, 0.2) is 6.07 Å². The van der Waals surface area contributed by atoms with Crippen molar-refractivity contribution in [2.45, 2.75) is 27.2 Å². The lowest BCUT2D eigenvalue weighted by molar-refractivity contribution is 0.355. The number of thiocarbonyl (C=S) groups is 1. The molecule has 0 aromatic carbocycles. The van der Waals surface area contributed by atoms with Crippen LogP contribution in [-0.4, -0.2) is 34.7 Å². The zero-order valence-electron chi connectivity index (χ0n) is 12.7. The van der Waals surface area contributed by atoms with Gasteiger partial charge in [-0.3, -0.25) is 0 Å². The Hall–Kier alpha value is -1.14. The molecule has 1 fully saturated rings. The van der Waals surface area contributed by atoms with Crippen molar-refractivity contribution >= 4 is 40.7 Å². The van der Waals surface area contributed by atoms with Crippen LogP contribution in [-0.2, 0) is 0 Å². The van der Waals surface area contributed by atoms with E-state index in [2.05, 4.69) is 39.3 Å². The molecule has 1 aromatic heterocycles. The van der Waals surface area contributed by atoms with Crippen LogP contribution < -0.4 is 15.5 Å². The Morgan fingerprint density at radius 3 is 2.67 bits per heavy atom. The smallest absolute Gasteiger partial charge is 0.232 e. The molecule has 0 radical (unpaired) electrons. The minimum absolute atomic E-state index is 0.424. The van der Waals surface area contributed by atoms with Crippen molar-refractivity contribution in [1.82, 2.24) is 15.3 Å². The van der Waals surface area contributed by atoms with Crippen LogP contribution in [0.25, 0.3) is 0 Å². The summed E-state index contributed by atoms with van der Waals surface area (Å²) in [6.07, 6.45) is 1.25. The van der Waals surface area contributed by atoms with E-state index in [1.54, 1.807) is 0 Å². The van der Waals surface area contributed by atoms with Gasteiger partial charge in [0.1, 0.15) is 11.0 Å². The molecule has 0 aliphatic carbocycles. The third-order valence-corrected chi connectivity index (χ3v) is 3.88. The van der Waals surface area contributed by atoms with Crippen LogP contribution in [0.1, 0.15) is 27.2 Å². The van der Waals surface area contributed by atoms with E-state index in [4.69, 9.17) is 23.8 Å². The van der Waals surface area contributed by atoms with Crippen molar-refractivity contribution in [3.05, 3.63) is 11.2 Å². The van der Waals surface area contributed by atoms with E-state index in [-0.39, 0.29) is 0 Å². The molecule has 1 saturated heterocycles. The summed E-state index contributed by atoms with van der Waals surface area (Å²) >= 11 is 11.3. The van der Waals surface area contributed by atoms with Crippen LogP contribution in [0.2, 0.25) is 5.15 Å². The van der Waals surface area contributed by atoms with E-state index >= 15 is 0 Å². The van der Waals surface area contributed by atoms with Crippen molar-refractivity contribution < 1.29 is 0 Å². The lowest BCUT2D eigenvalue weighted by Crippen LogP contribution is -2.39. The maximum absolute atomic E-state index is 6.12. The summed E-state index contributed by atoms with van der Waals surface area (Å²) in [5.74, 6) is 2.60. The highest BCUT2D eigenvalue weighted by Crippen LogP contribution is 2.26. The normalized spacial score (nSPS) is 22.0. The van der Waals surface area contributed by atoms with Crippen LogP contribution in [0.4, 0.5) is 11.8 Å². The molecule has 1 aliphatic rings. The highest BCUT2D eigenvalue weighted by Gasteiger charge is 2.23. The van der Waals surface area contributed by atoms with Gasteiger partial charge in [-0.2, -0.15) is 4.98 Å². The fourth-order valence-electron chi connectivity index (χ4n) is 2.78. The quantitative estimate of drug-likeness (QED) is 0.657. The number of nitrogens with zero attached hydrogens (tertiary/aromatic N) is 3. The molecule has 2 unspecified atom stereocenters. The van der Waals surface area contributed by atoms with Crippen LogP contribution in [0, 0.1) is 11.8 Å². The Bertz CT molecular complexity index is 500. The Balaban J connectivity index is 2.16. The summed E-state index contributed by atoms with van der Waals surface area (Å²) in [7, 11) is 0. The first-order valence-corrected chi connectivity index (χ1v) is 8.11. The minimum atomic E-state index is 0.424. The summed E-state index contributed by atoms with van der Waals surface area (Å²) in [5, 5.41) is 6.91. The highest BCUT2D eigenvalue weighted by molar-refractivity contribution is 7.80. The van der Waals surface area contributed by atoms with Gasteiger partial charge in [0.25, 0.3) is 0 Å². The molecule has 0 amide bonds. The van der Waals surface area contributed by atoms with Crippen molar-refractivity contribution in [2.24, 2.45) is 11.8 Å². The summed E-state index contributed by atoms with van der Waals surface area (Å²) < 4.78 is 0. The predicted molar refractivity (Wildman–Crippen MR) is 92.1 cm³/mol. The number of anilines is 2. The van der Waals surface area contributed by atoms with E-state index in [0.29, 0.717) is 28.0 Å². The molecule has 0 spiro atoms. The molecule has 2 heterocycles. The van der Waals surface area contributed by atoms with Gasteiger partial charge in [0.2, 0.25) is 5.95 Å². The van der Waals surface area contributed by atoms with Gasteiger partial charge in [-0.15, -0.1) is 0 Å². The molecule has 116 valence electrons.